The Bertz CT molecular complexity index is 475. The Balaban J connectivity index is 1.81. The van der Waals surface area contributed by atoms with Gasteiger partial charge in [-0.2, -0.15) is 0 Å². The largest absolute Gasteiger partial charge is 0.378 e. The van der Waals surface area contributed by atoms with Crippen LogP contribution in [0.4, 0.5) is 0 Å². The van der Waals surface area contributed by atoms with Crippen molar-refractivity contribution in [3.05, 3.63) is 35.9 Å². The molecule has 114 valence electrons. The highest BCUT2D eigenvalue weighted by Gasteiger charge is 2.43. The van der Waals surface area contributed by atoms with Gasteiger partial charge >= 0.3 is 0 Å². The molecule has 2 N–H and O–H groups in total. The number of benzene rings is 1. The minimum Gasteiger partial charge on any atom is -0.378 e. The van der Waals surface area contributed by atoms with E-state index in [1.165, 1.54) is 19.3 Å². The Morgan fingerprint density at radius 1 is 1.19 bits per heavy atom. The summed E-state index contributed by atoms with van der Waals surface area (Å²) in [6.07, 6.45) is 4.66. The summed E-state index contributed by atoms with van der Waals surface area (Å²) in [5.74, 6) is -0.135. The van der Waals surface area contributed by atoms with E-state index >= 15 is 0 Å². The summed E-state index contributed by atoms with van der Waals surface area (Å²) in [5, 5.41) is 13.9. The van der Waals surface area contributed by atoms with Crippen molar-refractivity contribution in [3.63, 3.8) is 0 Å². The quantitative estimate of drug-likeness (QED) is 0.873. The summed E-state index contributed by atoms with van der Waals surface area (Å²) in [7, 11) is 0. The predicted octanol–water partition coefficient (Wildman–Crippen LogP) is 1.85. The number of nitrogens with one attached hydrogen (secondary N) is 1. The van der Waals surface area contributed by atoms with Crippen LogP contribution in [-0.2, 0) is 4.79 Å². The van der Waals surface area contributed by atoms with Crippen LogP contribution >= 0.6 is 0 Å². The highest BCUT2D eigenvalue weighted by molar-refractivity contribution is 5.83. The fourth-order valence-electron chi connectivity index (χ4n) is 3.77. The van der Waals surface area contributed by atoms with Gasteiger partial charge in [0.25, 0.3) is 5.91 Å². The molecule has 1 unspecified atom stereocenters. The monoisotopic (exact) mass is 288 g/mol. The maximum Gasteiger partial charge on any atom is 0.256 e. The maximum absolute atomic E-state index is 12.8. The van der Waals surface area contributed by atoms with E-state index in [0.29, 0.717) is 12.1 Å². The van der Waals surface area contributed by atoms with E-state index in [4.69, 9.17) is 0 Å². The van der Waals surface area contributed by atoms with Crippen molar-refractivity contribution < 1.29 is 9.90 Å². The van der Waals surface area contributed by atoms with Gasteiger partial charge in [-0.3, -0.25) is 4.79 Å². The third-order valence-electron chi connectivity index (χ3n) is 4.94. The highest BCUT2D eigenvalue weighted by Crippen LogP contribution is 2.36. The van der Waals surface area contributed by atoms with Gasteiger partial charge in [0, 0.05) is 19.6 Å². The Kier molecular flexibility index (Phi) is 4.27. The normalized spacial score (nSPS) is 23.0. The third-order valence-corrected chi connectivity index (χ3v) is 4.94. The third kappa shape index (κ3) is 2.83. The van der Waals surface area contributed by atoms with Crippen LogP contribution < -0.4 is 5.32 Å². The second-order valence-electron chi connectivity index (χ2n) is 6.26. The van der Waals surface area contributed by atoms with Gasteiger partial charge in [0.1, 0.15) is 0 Å². The average molecular weight is 288 g/mol. The molecule has 1 spiro atoms. The van der Waals surface area contributed by atoms with Crippen molar-refractivity contribution in [1.29, 1.82) is 0 Å². The molecule has 1 saturated carbocycles. The summed E-state index contributed by atoms with van der Waals surface area (Å²) in [5.41, 5.74) is 0.607. The molecule has 1 atom stereocenters. The number of piperazine rings is 1. The topological polar surface area (TPSA) is 52.6 Å². The summed E-state index contributed by atoms with van der Waals surface area (Å²) in [6, 6.07) is 9.25. The average Bonchev–Trinajstić information content (AvgIpc) is 2.55. The van der Waals surface area contributed by atoms with E-state index in [0.717, 1.165) is 25.9 Å². The van der Waals surface area contributed by atoms with Gasteiger partial charge in [-0.1, -0.05) is 49.6 Å². The van der Waals surface area contributed by atoms with Crippen molar-refractivity contribution in [2.24, 2.45) is 0 Å². The Labute approximate surface area is 126 Å². The number of aliphatic hydroxyl groups is 1. The molecule has 4 heteroatoms. The molecule has 0 aromatic heterocycles. The summed E-state index contributed by atoms with van der Waals surface area (Å²) < 4.78 is 0. The zero-order chi connectivity index (χ0) is 14.7. The van der Waals surface area contributed by atoms with Gasteiger partial charge in [-0.05, 0) is 18.4 Å². The molecule has 1 aliphatic carbocycles. The van der Waals surface area contributed by atoms with E-state index < -0.39 is 6.10 Å². The van der Waals surface area contributed by atoms with Crippen molar-refractivity contribution in [1.82, 2.24) is 10.2 Å². The van der Waals surface area contributed by atoms with Crippen LogP contribution in [0, 0.1) is 0 Å². The second kappa shape index (κ2) is 6.16. The lowest BCUT2D eigenvalue weighted by Crippen LogP contribution is -2.64. The van der Waals surface area contributed by atoms with Crippen LogP contribution in [0.25, 0.3) is 0 Å². The van der Waals surface area contributed by atoms with Crippen molar-refractivity contribution >= 4 is 5.91 Å². The SMILES string of the molecule is O=C(C(O)c1ccccc1)N1CCNCC12CCCCC2. The molecule has 3 rings (SSSR count). The molecule has 1 aromatic rings. The number of carbonyl (C=O) groups excluding carboxylic acids is 1. The van der Waals surface area contributed by atoms with Crippen LogP contribution in [0.5, 0.6) is 0 Å². The molecule has 1 saturated heterocycles. The van der Waals surface area contributed by atoms with Crippen LogP contribution in [0.15, 0.2) is 30.3 Å². The number of amides is 1. The van der Waals surface area contributed by atoms with Crippen LogP contribution in [0.1, 0.15) is 43.8 Å². The molecular weight excluding hydrogens is 264 g/mol. The minimum absolute atomic E-state index is 0.0800. The first kappa shape index (κ1) is 14.5. The molecule has 2 fully saturated rings. The number of rotatable bonds is 2. The lowest BCUT2D eigenvalue weighted by atomic mass is 9.78. The number of hydrogen-bond donors (Lipinski definition) is 2. The first-order chi connectivity index (χ1) is 10.2. The molecule has 1 aliphatic heterocycles. The van der Waals surface area contributed by atoms with Gasteiger partial charge < -0.3 is 15.3 Å². The molecular formula is C17H24N2O2. The molecule has 0 radical (unpaired) electrons. The molecule has 21 heavy (non-hydrogen) atoms. The second-order valence-corrected chi connectivity index (χ2v) is 6.26. The van der Waals surface area contributed by atoms with Gasteiger partial charge in [-0.15, -0.1) is 0 Å². The zero-order valence-electron chi connectivity index (χ0n) is 12.4. The van der Waals surface area contributed by atoms with Gasteiger partial charge in [0.2, 0.25) is 0 Å². The number of carbonyl (C=O) groups is 1. The van der Waals surface area contributed by atoms with Crippen LogP contribution in [0.2, 0.25) is 0 Å². The standard InChI is InChI=1S/C17H24N2O2/c20-15(14-7-3-1-4-8-14)16(21)19-12-11-18-13-17(19)9-5-2-6-10-17/h1,3-4,7-8,15,18,20H,2,5-6,9-13H2. The van der Waals surface area contributed by atoms with E-state index in [-0.39, 0.29) is 11.4 Å². The minimum atomic E-state index is -1.04. The van der Waals surface area contributed by atoms with E-state index in [2.05, 4.69) is 5.32 Å². The fraction of sp³-hybridized carbons (Fsp3) is 0.588. The summed E-state index contributed by atoms with van der Waals surface area (Å²) in [4.78, 5) is 14.8. The predicted molar refractivity (Wildman–Crippen MR) is 81.8 cm³/mol. The Morgan fingerprint density at radius 3 is 2.62 bits per heavy atom. The number of aliphatic hydroxyl groups excluding tert-OH is 1. The number of hydrogen-bond acceptors (Lipinski definition) is 3. The van der Waals surface area contributed by atoms with Gasteiger partial charge in [-0.25, -0.2) is 0 Å². The summed E-state index contributed by atoms with van der Waals surface area (Å²) in [6.45, 7) is 2.37. The zero-order valence-corrected chi connectivity index (χ0v) is 12.4. The van der Waals surface area contributed by atoms with E-state index in [1.807, 2.05) is 35.2 Å². The molecule has 0 bridgehead atoms. The molecule has 1 amide bonds. The van der Waals surface area contributed by atoms with Gasteiger partial charge in [0.15, 0.2) is 6.10 Å². The van der Waals surface area contributed by atoms with Crippen LogP contribution in [0.3, 0.4) is 0 Å². The molecule has 4 nitrogen and oxygen atoms in total. The van der Waals surface area contributed by atoms with E-state index in [1.54, 1.807) is 0 Å². The first-order valence-electron chi connectivity index (χ1n) is 7.98. The smallest absolute Gasteiger partial charge is 0.256 e. The first-order valence-corrected chi connectivity index (χ1v) is 7.98. The van der Waals surface area contributed by atoms with Crippen LogP contribution in [-0.4, -0.2) is 41.1 Å². The van der Waals surface area contributed by atoms with E-state index in [9.17, 15) is 9.90 Å². The number of nitrogens with zero attached hydrogens (tertiary/aromatic N) is 1. The lowest BCUT2D eigenvalue weighted by molar-refractivity contribution is -0.150. The summed E-state index contributed by atoms with van der Waals surface area (Å²) >= 11 is 0. The fourth-order valence-corrected chi connectivity index (χ4v) is 3.77. The molecule has 1 heterocycles. The Morgan fingerprint density at radius 2 is 1.90 bits per heavy atom. The maximum atomic E-state index is 12.8. The highest BCUT2D eigenvalue weighted by atomic mass is 16.3. The molecule has 2 aliphatic rings. The van der Waals surface area contributed by atoms with Crippen molar-refractivity contribution in [2.45, 2.75) is 43.7 Å². The molecule has 1 aromatic carbocycles. The van der Waals surface area contributed by atoms with Crippen molar-refractivity contribution in [3.8, 4) is 0 Å². The van der Waals surface area contributed by atoms with Gasteiger partial charge in [0.05, 0.1) is 5.54 Å². The lowest BCUT2D eigenvalue weighted by Gasteiger charge is -2.50. The Hall–Kier alpha value is -1.39. The van der Waals surface area contributed by atoms with Crippen molar-refractivity contribution in [2.75, 3.05) is 19.6 Å².